The molecule has 5 aliphatic rings. The number of benzene rings is 2. The molecule has 1 unspecified atom stereocenters. The van der Waals surface area contributed by atoms with Crippen LogP contribution in [0.4, 0.5) is 33.1 Å². The Morgan fingerprint density at radius 3 is 2.46 bits per heavy atom. The highest BCUT2D eigenvalue weighted by Crippen LogP contribution is 2.44. The van der Waals surface area contributed by atoms with Gasteiger partial charge >= 0.3 is 0 Å². The molecule has 2 aromatic carbocycles. The monoisotopic (exact) mass is 827 g/mol. The third kappa shape index (κ3) is 7.00. The number of hydrogen-bond acceptors (Lipinski definition) is 12. The summed E-state index contributed by atoms with van der Waals surface area (Å²) in [5, 5.41) is 20.3. The molecular formula is C45H50FN11O4. The van der Waals surface area contributed by atoms with Crippen LogP contribution in [0.1, 0.15) is 56.7 Å². The van der Waals surface area contributed by atoms with Crippen molar-refractivity contribution in [2.75, 3.05) is 59.7 Å². The van der Waals surface area contributed by atoms with Crippen molar-refractivity contribution in [3.63, 3.8) is 0 Å². The minimum atomic E-state index is -0.997. The molecule has 316 valence electrons. The number of nitrogens with one attached hydrogen (secondary N) is 3. The molecule has 16 heteroatoms. The Bertz CT molecular complexity index is 2610. The minimum Gasteiger partial charge on any atom is -0.384 e. The quantitative estimate of drug-likeness (QED) is 0.108. The molecule has 4 aliphatic heterocycles. The summed E-state index contributed by atoms with van der Waals surface area (Å²) in [7, 11) is 0. The Labute approximate surface area is 352 Å². The zero-order valence-electron chi connectivity index (χ0n) is 34.2. The SMILES string of the molecule is C=CCn1c(=O)c2cnc(Nc3ccc(N4CC5(CCN(C6CN(c7ccc(NC8CCC(=O)NC8=O)cc7F)C6)CC5)C4)cc3)nc2n1-c1ccc2c(n1)[C@@](O)(CC)CC2. The number of hydrogen-bond donors (Lipinski definition) is 4. The molecule has 4 saturated heterocycles. The van der Waals surface area contributed by atoms with Crippen molar-refractivity contribution in [3.8, 4) is 5.82 Å². The number of aromatic nitrogens is 5. The summed E-state index contributed by atoms with van der Waals surface area (Å²) in [6, 6.07) is 17.0. The van der Waals surface area contributed by atoms with Crippen molar-refractivity contribution in [1.29, 1.82) is 0 Å². The Hall–Kier alpha value is -6.13. The second kappa shape index (κ2) is 15.1. The molecule has 2 amide bonds. The third-order valence-electron chi connectivity index (χ3n) is 13.6. The number of nitrogens with zero attached hydrogens (tertiary/aromatic N) is 8. The van der Waals surface area contributed by atoms with E-state index < -0.39 is 11.6 Å². The van der Waals surface area contributed by atoms with E-state index in [9.17, 15) is 19.5 Å². The summed E-state index contributed by atoms with van der Waals surface area (Å²) in [6.07, 6.45) is 8.06. The number of carbonyl (C=O) groups is 2. The van der Waals surface area contributed by atoms with Gasteiger partial charge in [-0.2, -0.15) is 4.98 Å². The van der Waals surface area contributed by atoms with E-state index in [-0.39, 0.29) is 36.2 Å². The molecule has 10 rings (SSSR count). The summed E-state index contributed by atoms with van der Waals surface area (Å²) in [5.41, 5.74) is 4.24. The summed E-state index contributed by atoms with van der Waals surface area (Å²) in [5.74, 6) is -0.121. The van der Waals surface area contributed by atoms with Gasteiger partial charge in [-0.05, 0) is 106 Å². The number of carbonyl (C=O) groups excluding carboxylic acids is 2. The van der Waals surface area contributed by atoms with Gasteiger partial charge in [0.25, 0.3) is 5.56 Å². The molecule has 1 aliphatic carbocycles. The number of likely N-dealkylation sites (tertiary alicyclic amines) is 1. The van der Waals surface area contributed by atoms with Crippen molar-refractivity contribution < 1.29 is 19.1 Å². The molecule has 61 heavy (non-hydrogen) atoms. The predicted octanol–water partition coefficient (Wildman–Crippen LogP) is 4.60. The second-order valence-electron chi connectivity index (χ2n) is 17.4. The molecule has 3 aromatic heterocycles. The normalized spacial score (nSPS) is 22.5. The number of imide groups is 1. The van der Waals surface area contributed by atoms with Crippen molar-refractivity contribution in [2.45, 2.75) is 76.1 Å². The van der Waals surface area contributed by atoms with Gasteiger partial charge in [0.1, 0.15) is 22.8 Å². The lowest BCUT2D eigenvalue weighted by atomic mass is 9.71. The molecule has 2 atom stereocenters. The molecule has 4 N–H and O–H groups in total. The van der Waals surface area contributed by atoms with Crippen LogP contribution in [0.2, 0.25) is 0 Å². The Balaban J connectivity index is 0.738. The van der Waals surface area contributed by atoms with Crippen LogP contribution >= 0.6 is 0 Å². The van der Waals surface area contributed by atoms with Crippen molar-refractivity contribution in [2.24, 2.45) is 5.41 Å². The molecule has 4 fully saturated rings. The first kappa shape index (κ1) is 39.0. The standard InChI is InChI=1S/C45H50FN11O4/c1-3-19-56-42(60)33-23-47-43(52-40(33)57(56)37-13-5-28-15-16-45(61,4-2)39(28)50-37)49-29-6-9-31(10-7-29)55-26-44(27-55)17-20-53(21-18-44)32-24-54(25-32)36-12-8-30(22-34(36)46)48-35-11-14-38(58)51-41(35)59/h3,5-10,12-13,22-23,32,35,48,61H,1,4,11,14-21,24-27H2,2H3,(H,47,49,52)(H,51,58,59)/t35?,45-/m1/s1. The molecule has 15 nitrogen and oxygen atoms in total. The Kier molecular flexibility index (Phi) is 9.66. The summed E-state index contributed by atoms with van der Waals surface area (Å²) < 4.78 is 18.4. The molecule has 7 heterocycles. The van der Waals surface area contributed by atoms with E-state index in [1.807, 2.05) is 31.2 Å². The van der Waals surface area contributed by atoms with Gasteiger partial charge in [0.2, 0.25) is 17.8 Å². The van der Waals surface area contributed by atoms with Crippen LogP contribution in [0.15, 0.2) is 78.2 Å². The summed E-state index contributed by atoms with van der Waals surface area (Å²) in [4.78, 5) is 58.4. The van der Waals surface area contributed by atoms with Gasteiger partial charge in [-0.25, -0.2) is 23.7 Å². The van der Waals surface area contributed by atoms with E-state index in [1.165, 1.54) is 6.07 Å². The highest BCUT2D eigenvalue weighted by Gasteiger charge is 2.47. The molecule has 5 aromatic rings. The van der Waals surface area contributed by atoms with E-state index >= 15 is 4.39 Å². The zero-order chi connectivity index (χ0) is 42.0. The molecule has 0 saturated carbocycles. The minimum absolute atomic E-state index is 0.245. The van der Waals surface area contributed by atoms with Crippen LogP contribution in [0.25, 0.3) is 16.9 Å². The van der Waals surface area contributed by atoms with E-state index in [2.05, 4.69) is 54.3 Å². The van der Waals surface area contributed by atoms with Gasteiger partial charge in [0, 0.05) is 67.3 Å². The van der Waals surface area contributed by atoms with Crippen LogP contribution < -0.4 is 31.3 Å². The van der Waals surface area contributed by atoms with Crippen LogP contribution in [0.3, 0.4) is 0 Å². The number of halogens is 1. The molecule has 0 bridgehead atoms. The lowest BCUT2D eigenvalue weighted by Crippen LogP contribution is -2.65. The number of aryl methyl sites for hydroxylation is 1. The fraction of sp³-hybridized carbons (Fsp3) is 0.422. The molecule has 0 radical (unpaired) electrons. The van der Waals surface area contributed by atoms with E-state index in [1.54, 1.807) is 33.8 Å². The fourth-order valence-corrected chi connectivity index (χ4v) is 9.89. The van der Waals surface area contributed by atoms with Gasteiger partial charge < -0.3 is 25.5 Å². The first-order valence-electron chi connectivity index (χ1n) is 21.4. The van der Waals surface area contributed by atoms with Gasteiger partial charge in [0.15, 0.2) is 11.5 Å². The molecule has 1 spiro atoms. The number of allylic oxidation sites excluding steroid dienone is 1. The van der Waals surface area contributed by atoms with Crippen molar-refractivity contribution >= 4 is 51.5 Å². The molecular weight excluding hydrogens is 778 g/mol. The average Bonchev–Trinajstić information content (AvgIpc) is 3.71. The van der Waals surface area contributed by atoms with Crippen molar-refractivity contribution in [1.82, 2.24) is 34.5 Å². The van der Waals surface area contributed by atoms with Gasteiger partial charge in [-0.3, -0.25) is 24.6 Å². The zero-order valence-corrected chi connectivity index (χ0v) is 34.2. The first-order chi connectivity index (χ1) is 29.5. The van der Waals surface area contributed by atoms with Crippen LogP contribution in [-0.2, 0) is 28.2 Å². The third-order valence-corrected chi connectivity index (χ3v) is 13.6. The number of piperidine rings is 2. The highest BCUT2D eigenvalue weighted by atomic mass is 19.1. The number of aliphatic hydroxyl groups is 1. The van der Waals surface area contributed by atoms with Gasteiger partial charge in [-0.1, -0.05) is 19.1 Å². The van der Waals surface area contributed by atoms with Crippen LogP contribution in [0, 0.1) is 11.2 Å². The Morgan fingerprint density at radius 2 is 1.74 bits per heavy atom. The van der Waals surface area contributed by atoms with Crippen LogP contribution in [-0.4, -0.2) is 97.5 Å². The number of pyridine rings is 1. The first-order valence-corrected chi connectivity index (χ1v) is 21.4. The second-order valence-corrected chi connectivity index (χ2v) is 17.4. The van der Waals surface area contributed by atoms with Gasteiger partial charge in [0.05, 0.1) is 17.9 Å². The van der Waals surface area contributed by atoms with Crippen molar-refractivity contribution in [3.05, 3.63) is 101 Å². The summed E-state index contributed by atoms with van der Waals surface area (Å²) in [6.45, 7) is 11.7. The smallest absolute Gasteiger partial charge is 0.278 e. The lowest BCUT2D eigenvalue weighted by molar-refractivity contribution is -0.133. The van der Waals surface area contributed by atoms with Crippen LogP contribution in [0.5, 0.6) is 0 Å². The topological polar surface area (TPSA) is 166 Å². The van der Waals surface area contributed by atoms with E-state index in [4.69, 9.17) is 9.97 Å². The largest absolute Gasteiger partial charge is 0.384 e. The number of anilines is 5. The lowest BCUT2D eigenvalue weighted by Gasteiger charge is -2.57. The fourth-order valence-electron chi connectivity index (χ4n) is 9.89. The maximum absolute atomic E-state index is 15.2. The van der Waals surface area contributed by atoms with Gasteiger partial charge in [-0.15, -0.1) is 6.58 Å². The average molecular weight is 828 g/mol. The van der Waals surface area contributed by atoms with E-state index in [0.717, 1.165) is 75.5 Å². The number of amides is 2. The maximum atomic E-state index is 15.2. The Morgan fingerprint density at radius 1 is 0.967 bits per heavy atom. The number of fused-ring (bicyclic) bond motifs is 2. The van der Waals surface area contributed by atoms with E-state index in [0.29, 0.717) is 70.6 Å². The highest BCUT2D eigenvalue weighted by molar-refractivity contribution is 6.01. The summed E-state index contributed by atoms with van der Waals surface area (Å²) >= 11 is 0. The number of rotatable bonds is 11. The predicted molar refractivity (Wildman–Crippen MR) is 231 cm³/mol. The maximum Gasteiger partial charge on any atom is 0.278 e.